The van der Waals surface area contributed by atoms with Crippen LogP contribution in [0.5, 0.6) is 0 Å². The Morgan fingerprint density at radius 1 is 1.24 bits per heavy atom. The van der Waals surface area contributed by atoms with E-state index in [2.05, 4.69) is 9.97 Å². The molecule has 2 aromatic heterocycles. The summed E-state index contributed by atoms with van der Waals surface area (Å²) < 4.78 is 25.9. The first-order valence-corrected chi connectivity index (χ1v) is 14.1. The third-order valence-electron chi connectivity index (χ3n) is 6.57. The Bertz CT molecular complexity index is 1340. The Labute approximate surface area is 202 Å². The van der Waals surface area contributed by atoms with E-state index in [4.69, 9.17) is 0 Å². The number of benzene rings is 1. The zero-order valence-electron chi connectivity index (χ0n) is 19.1. The van der Waals surface area contributed by atoms with Gasteiger partial charge in [-0.15, -0.1) is 11.3 Å². The number of hydrogen-bond acceptors (Lipinski definition) is 8. The summed E-state index contributed by atoms with van der Waals surface area (Å²) in [6, 6.07) is 3.66. The number of hydrogen-bond donors (Lipinski definition) is 1. The van der Waals surface area contributed by atoms with Crippen LogP contribution in [0, 0.1) is 5.92 Å². The minimum atomic E-state index is -3.42. The average Bonchev–Trinajstić information content (AvgIpc) is 3.31. The molecule has 0 bridgehead atoms. The van der Waals surface area contributed by atoms with Gasteiger partial charge < -0.3 is 5.11 Å². The number of carbonyl (C=O) groups excluding carboxylic acids is 1. The van der Waals surface area contributed by atoms with Crippen LogP contribution in [-0.4, -0.2) is 39.6 Å². The van der Waals surface area contributed by atoms with Gasteiger partial charge in [-0.1, -0.05) is 39.0 Å². The quantitative estimate of drug-likeness (QED) is 0.475. The number of aliphatic hydroxyl groups is 1. The minimum Gasteiger partial charge on any atom is -0.391 e. The molecular formula is C24H29N3O5S2. The molecule has 1 aliphatic rings. The SMILES string of the molecule is CCS(=O)(=O)c1ccc2c(=O)n(C(CC3CCCCC3)C(=O)Cc3ncc(CO)s3)cnc2c1. The lowest BCUT2D eigenvalue weighted by Crippen LogP contribution is -2.33. The molecule has 10 heteroatoms. The van der Waals surface area contributed by atoms with Crippen LogP contribution in [0.15, 0.2) is 40.4 Å². The van der Waals surface area contributed by atoms with Crippen LogP contribution >= 0.6 is 11.3 Å². The highest BCUT2D eigenvalue weighted by atomic mass is 32.2. The Kier molecular flexibility index (Phi) is 7.59. The van der Waals surface area contributed by atoms with E-state index >= 15 is 0 Å². The highest BCUT2D eigenvalue weighted by molar-refractivity contribution is 7.91. The molecule has 0 amide bonds. The van der Waals surface area contributed by atoms with Gasteiger partial charge >= 0.3 is 0 Å². The second kappa shape index (κ2) is 10.5. The molecule has 1 aliphatic carbocycles. The van der Waals surface area contributed by atoms with Gasteiger partial charge in [0.25, 0.3) is 5.56 Å². The van der Waals surface area contributed by atoms with Crippen LogP contribution in [0.1, 0.15) is 61.4 Å². The monoisotopic (exact) mass is 503 g/mol. The molecule has 1 unspecified atom stereocenters. The zero-order chi connectivity index (χ0) is 24.3. The molecule has 8 nitrogen and oxygen atoms in total. The molecule has 0 aliphatic heterocycles. The maximum absolute atomic E-state index is 13.4. The lowest BCUT2D eigenvalue weighted by atomic mass is 9.83. The maximum Gasteiger partial charge on any atom is 0.261 e. The molecule has 3 aromatic rings. The van der Waals surface area contributed by atoms with Crippen molar-refractivity contribution in [3.8, 4) is 0 Å². The average molecular weight is 504 g/mol. The van der Waals surface area contributed by atoms with Crippen LogP contribution in [0.2, 0.25) is 0 Å². The molecule has 0 radical (unpaired) electrons. The summed E-state index contributed by atoms with van der Waals surface area (Å²) in [5.74, 6) is 0.201. The predicted octanol–water partition coefficient (Wildman–Crippen LogP) is 3.46. The summed E-state index contributed by atoms with van der Waals surface area (Å²) in [6.45, 7) is 1.44. The van der Waals surface area contributed by atoms with Crippen molar-refractivity contribution < 1.29 is 18.3 Å². The Balaban J connectivity index is 1.70. The number of fused-ring (bicyclic) bond motifs is 1. The molecule has 0 saturated heterocycles. The first kappa shape index (κ1) is 24.7. The van der Waals surface area contributed by atoms with Crippen LogP contribution in [0.3, 0.4) is 0 Å². The van der Waals surface area contributed by atoms with E-state index in [-0.39, 0.29) is 40.4 Å². The van der Waals surface area contributed by atoms with Crippen molar-refractivity contribution >= 4 is 37.9 Å². The zero-order valence-corrected chi connectivity index (χ0v) is 20.8. The molecule has 1 atom stereocenters. The van der Waals surface area contributed by atoms with Crippen molar-refractivity contribution in [3.63, 3.8) is 0 Å². The van der Waals surface area contributed by atoms with Gasteiger partial charge in [0, 0.05) is 6.20 Å². The summed E-state index contributed by atoms with van der Waals surface area (Å²) in [7, 11) is -3.42. The standard InChI is InChI=1S/C24H29N3O5S2/c1-2-34(31,32)18-8-9-19-20(11-18)26-15-27(24(19)30)21(10-16-6-4-3-5-7-16)22(29)12-23-25-13-17(14-28)33-23/h8-9,11,13,15-16,21,28H,2-7,10,12,14H2,1H3. The summed E-state index contributed by atoms with van der Waals surface area (Å²) in [5, 5.41) is 10.2. The van der Waals surface area contributed by atoms with Gasteiger partial charge in [0.05, 0.1) is 51.8 Å². The molecule has 1 N–H and O–H groups in total. The fourth-order valence-corrected chi connectivity index (χ4v) is 6.30. The number of rotatable bonds is 9. The molecule has 4 rings (SSSR count). The number of nitrogens with zero attached hydrogens (tertiary/aromatic N) is 3. The van der Waals surface area contributed by atoms with Gasteiger partial charge in [-0.25, -0.2) is 18.4 Å². The van der Waals surface area contributed by atoms with E-state index in [9.17, 15) is 23.1 Å². The molecule has 2 heterocycles. The van der Waals surface area contributed by atoms with Crippen molar-refractivity contribution in [1.29, 1.82) is 0 Å². The normalized spacial score (nSPS) is 16.1. The van der Waals surface area contributed by atoms with Gasteiger partial charge in [0.15, 0.2) is 15.6 Å². The number of aromatic nitrogens is 3. The molecular weight excluding hydrogens is 474 g/mol. The lowest BCUT2D eigenvalue weighted by molar-refractivity contribution is -0.122. The van der Waals surface area contributed by atoms with E-state index in [0.29, 0.717) is 27.7 Å². The molecule has 0 spiro atoms. The Morgan fingerprint density at radius 2 is 2.00 bits per heavy atom. The maximum atomic E-state index is 13.4. The van der Waals surface area contributed by atoms with Crippen LogP contribution in [0.25, 0.3) is 10.9 Å². The van der Waals surface area contributed by atoms with E-state index < -0.39 is 15.9 Å². The number of thiazole rings is 1. The predicted molar refractivity (Wildman–Crippen MR) is 131 cm³/mol. The van der Waals surface area contributed by atoms with Gasteiger partial charge in [-0.05, 0) is 30.5 Å². The van der Waals surface area contributed by atoms with Crippen molar-refractivity contribution in [2.45, 2.75) is 69.4 Å². The van der Waals surface area contributed by atoms with E-state index in [1.54, 1.807) is 13.1 Å². The second-order valence-electron chi connectivity index (χ2n) is 8.82. The van der Waals surface area contributed by atoms with Crippen molar-refractivity contribution in [3.05, 3.63) is 51.0 Å². The fraction of sp³-hybridized carbons (Fsp3) is 0.500. The summed E-state index contributed by atoms with van der Waals surface area (Å²) >= 11 is 1.29. The largest absolute Gasteiger partial charge is 0.391 e. The van der Waals surface area contributed by atoms with Gasteiger partial charge in [-0.3, -0.25) is 14.2 Å². The number of carbonyl (C=O) groups is 1. The fourth-order valence-electron chi connectivity index (χ4n) is 4.61. The third kappa shape index (κ3) is 5.29. The topological polar surface area (TPSA) is 119 Å². The van der Waals surface area contributed by atoms with E-state index in [0.717, 1.165) is 25.7 Å². The van der Waals surface area contributed by atoms with Crippen LogP contribution in [0.4, 0.5) is 0 Å². The molecule has 1 saturated carbocycles. The second-order valence-corrected chi connectivity index (χ2v) is 12.3. The summed E-state index contributed by atoms with van der Waals surface area (Å²) in [5.41, 5.74) is -0.0538. The van der Waals surface area contributed by atoms with Crippen molar-refractivity contribution in [1.82, 2.24) is 14.5 Å². The molecule has 1 fully saturated rings. The van der Waals surface area contributed by atoms with Crippen molar-refractivity contribution in [2.24, 2.45) is 5.92 Å². The number of Topliss-reactive ketones (excluding diaryl/α,β-unsaturated/α-hetero) is 1. The highest BCUT2D eigenvalue weighted by Crippen LogP contribution is 2.32. The van der Waals surface area contributed by atoms with Crippen LogP contribution in [-0.2, 0) is 27.7 Å². The first-order valence-electron chi connectivity index (χ1n) is 11.6. The number of aliphatic hydroxyl groups excluding tert-OH is 1. The molecule has 182 valence electrons. The molecule has 1 aromatic carbocycles. The van der Waals surface area contributed by atoms with Gasteiger partial charge in [0.2, 0.25) is 0 Å². The van der Waals surface area contributed by atoms with Gasteiger partial charge in [0.1, 0.15) is 5.01 Å². The van der Waals surface area contributed by atoms with Gasteiger partial charge in [-0.2, -0.15) is 0 Å². The Morgan fingerprint density at radius 3 is 2.68 bits per heavy atom. The van der Waals surface area contributed by atoms with Crippen LogP contribution < -0.4 is 5.56 Å². The third-order valence-corrected chi connectivity index (χ3v) is 9.28. The van der Waals surface area contributed by atoms with Crippen molar-refractivity contribution in [2.75, 3.05) is 5.75 Å². The molecule has 34 heavy (non-hydrogen) atoms. The smallest absolute Gasteiger partial charge is 0.261 e. The lowest BCUT2D eigenvalue weighted by Gasteiger charge is -2.27. The minimum absolute atomic E-state index is 0.0394. The summed E-state index contributed by atoms with van der Waals surface area (Å²) in [6.07, 6.45) is 9.09. The number of ketones is 1. The van der Waals surface area contributed by atoms with E-state index in [1.807, 2.05) is 0 Å². The first-order chi connectivity index (χ1) is 16.3. The number of sulfone groups is 1. The Hall–Kier alpha value is -2.43. The highest BCUT2D eigenvalue weighted by Gasteiger charge is 2.28. The summed E-state index contributed by atoms with van der Waals surface area (Å²) in [4.78, 5) is 36.3. The van der Waals surface area contributed by atoms with E-state index in [1.165, 1.54) is 46.9 Å².